The Bertz CT molecular complexity index is 1580. The van der Waals surface area contributed by atoms with Crippen LogP contribution in [0.3, 0.4) is 0 Å². The van der Waals surface area contributed by atoms with E-state index in [1.54, 1.807) is 28.3 Å². The van der Waals surface area contributed by atoms with E-state index in [2.05, 4.69) is 20.6 Å². The zero-order valence-corrected chi connectivity index (χ0v) is 23.2. The first-order valence-corrected chi connectivity index (χ1v) is 13.9. The Kier molecular flexibility index (Phi) is 8.65. The van der Waals surface area contributed by atoms with Crippen molar-refractivity contribution >= 4 is 34.4 Å². The molecule has 41 heavy (non-hydrogen) atoms. The number of pyridine rings is 2. The Labute approximate surface area is 240 Å². The van der Waals surface area contributed by atoms with Crippen LogP contribution in [0.2, 0.25) is 5.02 Å². The number of aliphatic hydroxyl groups excluding tert-OH is 1. The van der Waals surface area contributed by atoms with Gasteiger partial charge in [0.05, 0.1) is 39.6 Å². The molecule has 3 aromatic heterocycles. The van der Waals surface area contributed by atoms with Crippen LogP contribution in [0, 0.1) is 5.92 Å². The molecule has 4 aromatic rings. The maximum Gasteiger partial charge on any atom is 0.333 e. The van der Waals surface area contributed by atoms with Crippen molar-refractivity contribution in [3.8, 4) is 5.69 Å². The van der Waals surface area contributed by atoms with Crippen LogP contribution in [-0.2, 0) is 6.54 Å². The Hall–Kier alpha value is -3.83. The van der Waals surface area contributed by atoms with Crippen molar-refractivity contribution in [1.82, 2.24) is 24.4 Å². The number of benzene rings is 1. The Morgan fingerprint density at radius 2 is 1.83 bits per heavy atom. The summed E-state index contributed by atoms with van der Waals surface area (Å²) in [4.78, 5) is 34.5. The second-order valence-electron chi connectivity index (χ2n) is 10.4. The molecular formula is C29H31ClF2N6O3. The maximum absolute atomic E-state index is 13.7. The van der Waals surface area contributed by atoms with Crippen molar-refractivity contribution in [3.63, 3.8) is 0 Å². The lowest BCUT2D eigenvalue weighted by Gasteiger charge is -2.29. The number of alkyl halides is 2. The number of aromatic nitrogens is 4. The predicted octanol–water partition coefficient (Wildman–Crippen LogP) is 4.95. The summed E-state index contributed by atoms with van der Waals surface area (Å²) in [5.74, 6) is 0.195. The van der Waals surface area contributed by atoms with Gasteiger partial charge in [0.15, 0.2) is 0 Å². The molecule has 0 aliphatic heterocycles. The highest BCUT2D eigenvalue weighted by atomic mass is 35.5. The number of amides is 1. The molecule has 12 heteroatoms. The van der Waals surface area contributed by atoms with Crippen LogP contribution in [0.4, 0.5) is 14.6 Å². The van der Waals surface area contributed by atoms with Crippen molar-refractivity contribution in [2.24, 2.45) is 5.92 Å². The lowest BCUT2D eigenvalue weighted by atomic mass is 9.85. The van der Waals surface area contributed by atoms with Gasteiger partial charge < -0.3 is 15.7 Å². The van der Waals surface area contributed by atoms with Crippen LogP contribution in [0.5, 0.6) is 0 Å². The first-order chi connectivity index (χ1) is 19.7. The number of hydrogen-bond acceptors (Lipinski definition) is 6. The van der Waals surface area contributed by atoms with Gasteiger partial charge in [-0.25, -0.2) is 18.6 Å². The number of carbonyl (C=O) groups is 1. The largest absolute Gasteiger partial charge is 0.392 e. The van der Waals surface area contributed by atoms with Crippen molar-refractivity contribution in [3.05, 3.63) is 81.6 Å². The number of para-hydroxylation sites is 2. The third-order valence-electron chi connectivity index (χ3n) is 7.38. The topological polar surface area (TPSA) is 114 Å². The molecule has 1 aromatic carbocycles. The maximum atomic E-state index is 13.7. The molecule has 0 saturated heterocycles. The van der Waals surface area contributed by atoms with Gasteiger partial charge in [-0.1, -0.05) is 23.7 Å². The van der Waals surface area contributed by atoms with E-state index in [4.69, 9.17) is 11.6 Å². The van der Waals surface area contributed by atoms with E-state index < -0.39 is 24.1 Å². The van der Waals surface area contributed by atoms with E-state index in [1.165, 1.54) is 6.07 Å². The standard InChI is InChI=1S/C29H31ClF2N6O3/c1-17(39)13-33-25-11-10-21(15-34-25)38-24-5-3-2-4-23(24)37(29(38)41)16-18-6-8-20(9-7-18)36-28(40)22-12-19(30)14-35-26(22)27(31)32/h2-5,10-12,14-15,17-18,20,27,39H,6-9,13,16H2,1H3,(H,33,34)(H,36,40)/t17-,18?,20?/m1/s1. The number of carbonyl (C=O) groups excluding carboxylic acids is 1. The molecule has 1 aliphatic rings. The highest BCUT2D eigenvalue weighted by Crippen LogP contribution is 2.29. The molecule has 1 aliphatic carbocycles. The molecule has 1 fully saturated rings. The van der Waals surface area contributed by atoms with E-state index in [1.807, 2.05) is 30.3 Å². The first kappa shape index (κ1) is 28.7. The van der Waals surface area contributed by atoms with Crippen molar-refractivity contribution in [2.45, 2.75) is 57.7 Å². The molecule has 5 rings (SSSR count). The summed E-state index contributed by atoms with van der Waals surface area (Å²) in [5.41, 5.74) is 1.26. The molecule has 0 bridgehead atoms. The van der Waals surface area contributed by atoms with Crippen LogP contribution in [0.1, 0.15) is 55.1 Å². The number of nitrogens with one attached hydrogen (secondary N) is 2. The van der Waals surface area contributed by atoms with E-state index >= 15 is 0 Å². The number of nitrogens with zero attached hydrogens (tertiary/aromatic N) is 4. The van der Waals surface area contributed by atoms with Crippen LogP contribution < -0.4 is 16.3 Å². The molecule has 1 saturated carbocycles. The molecule has 9 nitrogen and oxygen atoms in total. The molecular weight excluding hydrogens is 554 g/mol. The molecule has 3 N–H and O–H groups in total. The lowest BCUT2D eigenvalue weighted by molar-refractivity contribution is 0.0904. The Balaban J connectivity index is 1.28. The number of anilines is 1. The minimum atomic E-state index is -2.88. The van der Waals surface area contributed by atoms with E-state index in [9.17, 15) is 23.5 Å². The van der Waals surface area contributed by atoms with Gasteiger partial charge >= 0.3 is 5.69 Å². The Morgan fingerprint density at radius 1 is 1.10 bits per heavy atom. The quantitative estimate of drug-likeness (QED) is 0.256. The van der Waals surface area contributed by atoms with Gasteiger partial charge in [0.2, 0.25) is 0 Å². The van der Waals surface area contributed by atoms with Crippen LogP contribution in [-0.4, -0.2) is 48.8 Å². The summed E-state index contributed by atoms with van der Waals surface area (Å²) in [6, 6.07) is 12.2. The van der Waals surface area contributed by atoms with Gasteiger partial charge in [0.25, 0.3) is 12.3 Å². The minimum Gasteiger partial charge on any atom is -0.392 e. The molecule has 0 unspecified atom stereocenters. The average molecular weight is 585 g/mol. The smallest absolute Gasteiger partial charge is 0.333 e. The lowest BCUT2D eigenvalue weighted by Crippen LogP contribution is -2.39. The van der Waals surface area contributed by atoms with Crippen LogP contribution >= 0.6 is 11.6 Å². The SMILES string of the molecule is C[C@@H](O)CNc1ccc(-n2c(=O)n(CC3CCC(NC(=O)c4cc(Cl)cnc4C(F)F)CC3)c3ccccc32)cn1. The number of halogens is 3. The highest BCUT2D eigenvalue weighted by Gasteiger charge is 2.27. The molecule has 0 spiro atoms. The zero-order valence-electron chi connectivity index (χ0n) is 22.4. The number of hydrogen-bond donors (Lipinski definition) is 3. The fourth-order valence-corrected chi connectivity index (χ4v) is 5.48. The highest BCUT2D eigenvalue weighted by molar-refractivity contribution is 6.30. The van der Waals surface area contributed by atoms with Gasteiger partial charge in [0.1, 0.15) is 11.5 Å². The normalized spacial score (nSPS) is 18.0. The van der Waals surface area contributed by atoms with Crippen molar-refractivity contribution in [1.29, 1.82) is 0 Å². The third-order valence-corrected chi connectivity index (χ3v) is 7.59. The van der Waals surface area contributed by atoms with Crippen LogP contribution in [0.25, 0.3) is 16.7 Å². The number of fused-ring (bicyclic) bond motifs is 1. The summed E-state index contributed by atoms with van der Waals surface area (Å²) in [6.45, 7) is 2.57. The fraction of sp³-hybridized carbons (Fsp3) is 0.379. The molecule has 3 heterocycles. The number of aliphatic hydroxyl groups is 1. The summed E-state index contributed by atoms with van der Waals surface area (Å²) in [7, 11) is 0. The van der Waals surface area contributed by atoms with Gasteiger partial charge in [0, 0.05) is 25.3 Å². The van der Waals surface area contributed by atoms with Gasteiger partial charge in [-0.3, -0.25) is 18.9 Å². The first-order valence-electron chi connectivity index (χ1n) is 13.5. The molecule has 0 radical (unpaired) electrons. The zero-order chi connectivity index (χ0) is 29.1. The fourth-order valence-electron chi connectivity index (χ4n) is 5.33. The van der Waals surface area contributed by atoms with Crippen LogP contribution in [0.15, 0.2) is 59.7 Å². The summed E-state index contributed by atoms with van der Waals surface area (Å²) in [5, 5.41) is 15.5. The third kappa shape index (κ3) is 6.41. The van der Waals surface area contributed by atoms with Gasteiger partial charge in [-0.15, -0.1) is 0 Å². The van der Waals surface area contributed by atoms with Crippen molar-refractivity contribution in [2.75, 3.05) is 11.9 Å². The monoisotopic (exact) mass is 584 g/mol. The van der Waals surface area contributed by atoms with E-state index in [-0.39, 0.29) is 28.2 Å². The van der Waals surface area contributed by atoms with Crippen molar-refractivity contribution < 1.29 is 18.7 Å². The number of imidazole rings is 1. The molecule has 216 valence electrons. The number of rotatable bonds is 9. The molecule has 1 amide bonds. The van der Waals surface area contributed by atoms with Gasteiger partial charge in [-0.2, -0.15) is 0 Å². The summed E-state index contributed by atoms with van der Waals surface area (Å²) >= 11 is 5.90. The summed E-state index contributed by atoms with van der Waals surface area (Å²) in [6.07, 6.45) is 2.18. The van der Waals surface area contributed by atoms with E-state index in [0.29, 0.717) is 37.4 Å². The second-order valence-corrected chi connectivity index (χ2v) is 10.9. The predicted molar refractivity (Wildman–Crippen MR) is 153 cm³/mol. The minimum absolute atomic E-state index is 0.118. The average Bonchev–Trinajstić information content (AvgIpc) is 3.23. The second kappa shape index (κ2) is 12.4. The molecule has 1 atom stereocenters. The summed E-state index contributed by atoms with van der Waals surface area (Å²) < 4.78 is 30.1. The van der Waals surface area contributed by atoms with Gasteiger partial charge in [-0.05, 0) is 68.9 Å². The van der Waals surface area contributed by atoms with E-state index in [0.717, 1.165) is 30.1 Å². The Morgan fingerprint density at radius 3 is 2.49 bits per heavy atom.